The topological polar surface area (TPSA) is 53.5 Å². The summed E-state index contributed by atoms with van der Waals surface area (Å²) in [7, 11) is 0. The van der Waals surface area contributed by atoms with Crippen LogP contribution in [0.1, 0.15) is 23.0 Å². The molecule has 2 heterocycles. The van der Waals surface area contributed by atoms with Gasteiger partial charge in [-0.1, -0.05) is 12.1 Å². The van der Waals surface area contributed by atoms with Crippen molar-refractivity contribution in [3.05, 3.63) is 46.4 Å². The van der Waals surface area contributed by atoms with Crippen LogP contribution in [0.2, 0.25) is 0 Å². The average molecular weight is 361 g/mol. The van der Waals surface area contributed by atoms with E-state index in [4.69, 9.17) is 0 Å². The fraction of sp³-hybridized carbons (Fsp3) is 0.353. The van der Waals surface area contributed by atoms with Crippen LogP contribution >= 0.6 is 23.1 Å². The number of rotatable bonds is 4. The Labute approximate surface area is 149 Å². The second kappa shape index (κ2) is 7.81. The summed E-state index contributed by atoms with van der Waals surface area (Å²) in [6.45, 7) is 3.96. The molecule has 2 amide bonds. The van der Waals surface area contributed by atoms with Crippen LogP contribution in [0.15, 0.2) is 40.1 Å². The summed E-state index contributed by atoms with van der Waals surface area (Å²) in [5.74, 6) is 0.868. The van der Waals surface area contributed by atoms with Gasteiger partial charge in [-0.15, -0.1) is 23.1 Å². The Morgan fingerprint density at radius 2 is 1.88 bits per heavy atom. The van der Waals surface area contributed by atoms with Crippen molar-refractivity contribution in [1.82, 2.24) is 14.8 Å². The van der Waals surface area contributed by atoms with Gasteiger partial charge in [-0.2, -0.15) is 0 Å². The molecule has 0 aliphatic carbocycles. The first kappa shape index (κ1) is 17.0. The monoisotopic (exact) mass is 361 g/mol. The lowest BCUT2D eigenvalue weighted by Crippen LogP contribution is -2.50. The molecule has 1 aliphatic heterocycles. The van der Waals surface area contributed by atoms with E-state index in [1.807, 2.05) is 40.1 Å². The minimum absolute atomic E-state index is 0.0413. The summed E-state index contributed by atoms with van der Waals surface area (Å²) in [5.41, 5.74) is 3.58. The van der Waals surface area contributed by atoms with Gasteiger partial charge < -0.3 is 9.80 Å². The summed E-state index contributed by atoms with van der Waals surface area (Å²) in [4.78, 5) is 33.1. The average Bonchev–Trinajstić information content (AvgIpc) is 3.13. The highest BCUT2D eigenvalue weighted by atomic mass is 32.2. The molecule has 0 N–H and O–H groups in total. The molecule has 0 unspecified atom stereocenters. The van der Waals surface area contributed by atoms with E-state index in [9.17, 15) is 9.59 Å². The van der Waals surface area contributed by atoms with Gasteiger partial charge >= 0.3 is 0 Å². The van der Waals surface area contributed by atoms with Gasteiger partial charge in [-0.3, -0.25) is 9.59 Å². The first-order valence-corrected chi connectivity index (χ1v) is 9.71. The van der Waals surface area contributed by atoms with Gasteiger partial charge in [0.15, 0.2) is 0 Å². The molecule has 0 atom stereocenters. The summed E-state index contributed by atoms with van der Waals surface area (Å²) in [6.07, 6.45) is 0. The van der Waals surface area contributed by atoms with Crippen molar-refractivity contribution in [2.75, 3.05) is 26.2 Å². The number of hydrogen-bond acceptors (Lipinski definition) is 5. The molecule has 0 saturated carbocycles. The molecule has 24 heavy (non-hydrogen) atoms. The van der Waals surface area contributed by atoms with Gasteiger partial charge in [0.1, 0.15) is 0 Å². The summed E-state index contributed by atoms with van der Waals surface area (Å²) in [5, 5.41) is 2.03. The Hall–Kier alpha value is -1.86. The van der Waals surface area contributed by atoms with Crippen molar-refractivity contribution in [3.63, 3.8) is 0 Å². The fourth-order valence-corrected chi connectivity index (χ4v) is 4.24. The Balaban J connectivity index is 1.67. The Morgan fingerprint density at radius 1 is 1.17 bits per heavy atom. The Bertz CT molecular complexity index is 710. The van der Waals surface area contributed by atoms with Crippen molar-refractivity contribution in [2.24, 2.45) is 0 Å². The van der Waals surface area contributed by atoms with Gasteiger partial charge in [-0.05, 0) is 12.1 Å². The smallest absolute Gasteiger partial charge is 0.255 e. The normalized spacial score (nSPS) is 14.7. The van der Waals surface area contributed by atoms with Crippen LogP contribution in [0, 0.1) is 0 Å². The highest BCUT2D eigenvalue weighted by Crippen LogP contribution is 2.27. The SMILES string of the molecule is CC(=O)N1CCN(C(=O)c2ccccc2SCc2cscn2)CC1. The van der Waals surface area contributed by atoms with Crippen LogP contribution in [0.25, 0.3) is 0 Å². The van der Waals surface area contributed by atoms with Crippen LogP contribution in [0.4, 0.5) is 0 Å². The van der Waals surface area contributed by atoms with Gasteiger partial charge in [0.25, 0.3) is 5.91 Å². The lowest BCUT2D eigenvalue weighted by Gasteiger charge is -2.34. The Morgan fingerprint density at radius 3 is 2.54 bits per heavy atom. The number of carbonyl (C=O) groups is 2. The molecule has 1 fully saturated rings. The van der Waals surface area contributed by atoms with E-state index in [-0.39, 0.29) is 11.8 Å². The zero-order valence-electron chi connectivity index (χ0n) is 13.5. The molecule has 1 aliphatic rings. The van der Waals surface area contributed by atoms with Gasteiger partial charge in [-0.25, -0.2) is 4.98 Å². The number of nitrogens with zero attached hydrogens (tertiary/aromatic N) is 3. The Kier molecular flexibility index (Phi) is 5.52. The van der Waals surface area contributed by atoms with Crippen molar-refractivity contribution >= 4 is 34.9 Å². The third kappa shape index (κ3) is 3.96. The van der Waals surface area contributed by atoms with E-state index in [0.717, 1.165) is 21.9 Å². The lowest BCUT2D eigenvalue weighted by molar-refractivity contribution is -0.130. The molecule has 0 spiro atoms. The minimum Gasteiger partial charge on any atom is -0.339 e. The second-order valence-corrected chi connectivity index (χ2v) is 7.30. The molecule has 0 radical (unpaired) electrons. The number of thiazole rings is 1. The number of benzene rings is 1. The van der Waals surface area contributed by atoms with Crippen LogP contribution in [0.5, 0.6) is 0 Å². The van der Waals surface area contributed by atoms with Gasteiger partial charge in [0.05, 0.1) is 16.8 Å². The van der Waals surface area contributed by atoms with Crippen LogP contribution in [-0.2, 0) is 10.5 Å². The van der Waals surface area contributed by atoms with E-state index in [1.165, 1.54) is 0 Å². The van der Waals surface area contributed by atoms with E-state index < -0.39 is 0 Å². The predicted octanol–water partition coefficient (Wildman–Crippen LogP) is 2.74. The number of amides is 2. The van der Waals surface area contributed by atoms with Crippen molar-refractivity contribution < 1.29 is 9.59 Å². The molecule has 1 aromatic heterocycles. The molecule has 126 valence electrons. The summed E-state index contributed by atoms with van der Waals surface area (Å²) in [6, 6.07) is 7.71. The maximum Gasteiger partial charge on any atom is 0.255 e. The molecule has 1 aromatic carbocycles. The molecule has 5 nitrogen and oxygen atoms in total. The standard InChI is InChI=1S/C17H19N3O2S2/c1-13(21)19-6-8-20(9-7-19)17(22)15-4-2-3-5-16(15)24-11-14-10-23-12-18-14/h2-5,10,12H,6-9,11H2,1H3. The van der Waals surface area contributed by atoms with Crippen molar-refractivity contribution in [3.8, 4) is 0 Å². The first-order valence-electron chi connectivity index (χ1n) is 7.79. The number of piperazine rings is 1. The van der Waals surface area contributed by atoms with Crippen molar-refractivity contribution in [1.29, 1.82) is 0 Å². The van der Waals surface area contributed by atoms with E-state index in [1.54, 1.807) is 34.9 Å². The zero-order chi connectivity index (χ0) is 16.9. The largest absolute Gasteiger partial charge is 0.339 e. The van der Waals surface area contributed by atoms with E-state index in [0.29, 0.717) is 26.2 Å². The maximum atomic E-state index is 12.9. The molecule has 2 aromatic rings. The number of carbonyl (C=O) groups excluding carboxylic acids is 2. The van der Waals surface area contributed by atoms with Crippen LogP contribution in [-0.4, -0.2) is 52.8 Å². The highest BCUT2D eigenvalue weighted by molar-refractivity contribution is 7.98. The van der Waals surface area contributed by atoms with Crippen LogP contribution < -0.4 is 0 Å². The fourth-order valence-electron chi connectivity index (χ4n) is 2.62. The lowest BCUT2D eigenvalue weighted by atomic mass is 10.2. The number of aromatic nitrogens is 1. The highest BCUT2D eigenvalue weighted by Gasteiger charge is 2.24. The molecule has 3 rings (SSSR count). The number of thioether (sulfide) groups is 1. The van der Waals surface area contributed by atoms with Crippen LogP contribution in [0.3, 0.4) is 0 Å². The zero-order valence-corrected chi connectivity index (χ0v) is 15.1. The summed E-state index contributed by atoms with van der Waals surface area (Å²) < 4.78 is 0. The van der Waals surface area contributed by atoms with E-state index >= 15 is 0 Å². The third-order valence-electron chi connectivity index (χ3n) is 3.99. The predicted molar refractivity (Wildman–Crippen MR) is 96.3 cm³/mol. The van der Waals surface area contributed by atoms with E-state index in [2.05, 4.69) is 4.98 Å². The quantitative estimate of drug-likeness (QED) is 0.786. The molecular formula is C17H19N3O2S2. The minimum atomic E-state index is 0.0413. The van der Waals surface area contributed by atoms with Crippen molar-refractivity contribution in [2.45, 2.75) is 17.6 Å². The summed E-state index contributed by atoms with van der Waals surface area (Å²) >= 11 is 3.21. The first-order chi connectivity index (χ1) is 11.6. The molecule has 7 heteroatoms. The molecular weight excluding hydrogens is 342 g/mol. The van der Waals surface area contributed by atoms with Gasteiger partial charge in [0, 0.05) is 49.1 Å². The van der Waals surface area contributed by atoms with Gasteiger partial charge in [0.2, 0.25) is 5.91 Å². The molecule has 0 bridgehead atoms. The number of hydrogen-bond donors (Lipinski definition) is 0. The molecule has 1 saturated heterocycles. The third-order valence-corrected chi connectivity index (χ3v) is 5.73. The second-order valence-electron chi connectivity index (χ2n) is 5.56. The maximum absolute atomic E-state index is 12.9.